The van der Waals surface area contributed by atoms with Gasteiger partial charge in [-0.2, -0.15) is 5.10 Å². The summed E-state index contributed by atoms with van der Waals surface area (Å²) in [7, 11) is 0. The second kappa shape index (κ2) is 5.64. The number of amides is 1. The van der Waals surface area contributed by atoms with Gasteiger partial charge in [-0.15, -0.1) is 11.3 Å². The highest BCUT2D eigenvalue weighted by atomic mass is 32.1. The van der Waals surface area contributed by atoms with Crippen molar-refractivity contribution in [1.29, 1.82) is 0 Å². The van der Waals surface area contributed by atoms with Crippen LogP contribution in [0.1, 0.15) is 58.6 Å². The number of hydrogen-bond acceptors (Lipinski definition) is 3. The Morgan fingerprint density at radius 2 is 2.33 bits per heavy atom. The highest BCUT2D eigenvalue weighted by Gasteiger charge is 2.30. The zero-order chi connectivity index (χ0) is 15.0. The second-order valence-electron chi connectivity index (χ2n) is 6.10. The molecule has 0 bridgehead atoms. The minimum atomic E-state index is 0.165. The van der Waals surface area contributed by atoms with Crippen molar-refractivity contribution < 1.29 is 4.79 Å². The smallest absolute Gasteiger partial charge is 0.254 e. The first-order chi connectivity index (χ1) is 10.1. The Hall–Kier alpha value is -1.62. The van der Waals surface area contributed by atoms with Crippen molar-refractivity contribution in [3.63, 3.8) is 0 Å². The number of H-pyrrole nitrogens is 1. The summed E-state index contributed by atoms with van der Waals surface area (Å²) < 4.78 is 0. The van der Waals surface area contributed by atoms with Crippen LogP contribution in [0.4, 0.5) is 0 Å². The van der Waals surface area contributed by atoms with Crippen LogP contribution in [0.5, 0.6) is 0 Å². The summed E-state index contributed by atoms with van der Waals surface area (Å²) in [5.41, 5.74) is 3.20. The number of carbonyl (C=O) groups is 1. The molecule has 112 valence electrons. The van der Waals surface area contributed by atoms with Gasteiger partial charge in [0.05, 0.1) is 11.8 Å². The van der Waals surface area contributed by atoms with E-state index in [1.807, 2.05) is 22.5 Å². The van der Waals surface area contributed by atoms with Gasteiger partial charge in [0.15, 0.2) is 0 Å². The van der Waals surface area contributed by atoms with Crippen LogP contribution in [0.25, 0.3) is 0 Å². The van der Waals surface area contributed by atoms with Crippen LogP contribution < -0.4 is 0 Å². The average Bonchev–Trinajstić information content (AvgIpc) is 3.17. The maximum absolute atomic E-state index is 12.6. The fourth-order valence-corrected chi connectivity index (χ4v) is 3.80. The molecule has 1 saturated heterocycles. The van der Waals surface area contributed by atoms with E-state index in [0.29, 0.717) is 11.8 Å². The first-order valence-corrected chi connectivity index (χ1v) is 8.31. The Morgan fingerprint density at radius 1 is 1.52 bits per heavy atom. The number of aromatic nitrogens is 2. The molecule has 1 unspecified atom stereocenters. The number of rotatable bonds is 3. The fraction of sp³-hybridized carbons (Fsp3) is 0.500. The molecular formula is C16H21N3OS. The van der Waals surface area contributed by atoms with Crippen molar-refractivity contribution >= 4 is 17.2 Å². The van der Waals surface area contributed by atoms with Crippen LogP contribution in [0.3, 0.4) is 0 Å². The number of carbonyl (C=O) groups excluding carboxylic acids is 1. The Kier molecular flexibility index (Phi) is 3.85. The summed E-state index contributed by atoms with van der Waals surface area (Å²) in [6, 6.07) is 2.05. The van der Waals surface area contributed by atoms with Crippen LogP contribution in [0.15, 0.2) is 17.6 Å². The molecule has 2 aromatic heterocycles. The number of likely N-dealkylation sites (tertiary alicyclic amines) is 1. The lowest BCUT2D eigenvalue weighted by atomic mass is 10.0. The van der Waals surface area contributed by atoms with Crippen molar-refractivity contribution in [2.45, 2.75) is 39.0 Å². The molecule has 1 N–H and O–H groups in total. The molecule has 21 heavy (non-hydrogen) atoms. The molecular weight excluding hydrogens is 282 g/mol. The van der Waals surface area contributed by atoms with Crippen molar-refractivity contribution in [2.24, 2.45) is 0 Å². The average molecular weight is 303 g/mol. The Morgan fingerprint density at radius 3 is 2.95 bits per heavy atom. The molecule has 1 atom stereocenters. The largest absolute Gasteiger partial charge is 0.338 e. The minimum absolute atomic E-state index is 0.165. The van der Waals surface area contributed by atoms with E-state index in [1.54, 1.807) is 11.3 Å². The molecule has 0 aliphatic carbocycles. The predicted molar refractivity (Wildman–Crippen MR) is 85.0 cm³/mol. The molecule has 4 nitrogen and oxygen atoms in total. The SMILES string of the molecule is Cc1cn[nH]c1C1CCN(C(=O)c2csc(C(C)C)c2)C1. The van der Waals surface area contributed by atoms with Crippen LogP contribution >= 0.6 is 11.3 Å². The highest BCUT2D eigenvalue weighted by Crippen LogP contribution is 2.30. The van der Waals surface area contributed by atoms with Gasteiger partial charge in [0.1, 0.15) is 0 Å². The van der Waals surface area contributed by atoms with E-state index in [4.69, 9.17) is 0 Å². The van der Waals surface area contributed by atoms with E-state index in [0.717, 1.165) is 25.1 Å². The zero-order valence-electron chi connectivity index (χ0n) is 12.7. The van der Waals surface area contributed by atoms with Gasteiger partial charge in [-0.1, -0.05) is 13.8 Å². The summed E-state index contributed by atoms with van der Waals surface area (Å²) in [5, 5.41) is 9.16. The summed E-state index contributed by atoms with van der Waals surface area (Å²) in [4.78, 5) is 15.8. The van der Waals surface area contributed by atoms with Crippen LogP contribution in [-0.4, -0.2) is 34.1 Å². The van der Waals surface area contributed by atoms with Gasteiger partial charge in [-0.05, 0) is 30.9 Å². The molecule has 3 heterocycles. The fourth-order valence-electron chi connectivity index (χ4n) is 2.90. The van der Waals surface area contributed by atoms with Crippen LogP contribution in [0, 0.1) is 6.92 Å². The quantitative estimate of drug-likeness (QED) is 0.943. The van der Waals surface area contributed by atoms with E-state index in [1.165, 1.54) is 16.1 Å². The molecule has 0 saturated carbocycles. The molecule has 1 amide bonds. The van der Waals surface area contributed by atoms with E-state index in [9.17, 15) is 4.79 Å². The number of hydrogen-bond donors (Lipinski definition) is 1. The first kappa shape index (κ1) is 14.3. The molecule has 0 aromatic carbocycles. The van der Waals surface area contributed by atoms with Gasteiger partial charge >= 0.3 is 0 Å². The van der Waals surface area contributed by atoms with Crippen LogP contribution in [-0.2, 0) is 0 Å². The number of thiophene rings is 1. The standard InChI is InChI=1S/C16H21N3OS/c1-10(2)14-6-13(9-21-14)16(20)19-5-4-12(8-19)15-11(3)7-17-18-15/h6-7,9-10,12H,4-5,8H2,1-3H3,(H,17,18). The number of nitrogens with one attached hydrogen (secondary N) is 1. The van der Waals surface area contributed by atoms with E-state index >= 15 is 0 Å². The topological polar surface area (TPSA) is 49.0 Å². The lowest BCUT2D eigenvalue weighted by Gasteiger charge is -2.15. The second-order valence-corrected chi connectivity index (χ2v) is 7.04. The summed E-state index contributed by atoms with van der Waals surface area (Å²) in [5.74, 6) is 1.04. The molecule has 0 radical (unpaired) electrons. The maximum atomic E-state index is 12.6. The predicted octanol–water partition coefficient (Wildman–Crippen LogP) is 3.53. The zero-order valence-corrected chi connectivity index (χ0v) is 13.5. The van der Waals surface area contributed by atoms with E-state index in [-0.39, 0.29) is 5.91 Å². The lowest BCUT2D eigenvalue weighted by molar-refractivity contribution is 0.0791. The van der Waals surface area contributed by atoms with Gasteiger partial charge in [0.25, 0.3) is 5.91 Å². The Bertz CT molecular complexity index is 643. The molecule has 3 rings (SSSR count). The third-order valence-corrected chi connectivity index (χ3v) is 5.42. The third kappa shape index (κ3) is 2.75. The summed E-state index contributed by atoms with van der Waals surface area (Å²) in [6.07, 6.45) is 2.86. The monoisotopic (exact) mass is 303 g/mol. The van der Waals surface area contributed by atoms with Crippen molar-refractivity contribution in [2.75, 3.05) is 13.1 Å². The number of nitrogens with zero attached hydrogens (tertiary/aromatic N) is 2. The molecule has 0 spiro atoms. The summed E-state index contributed by atoms with van der Waals surface area (Å²) >= 11 is 1.68. The molecule has 2 aromatic rings. The van der Waals surface area contributed by atoms with E-state index < -0.39 is 0 Å². The maximum Gasteiger partial charge on any atom is 0.254 e. The van der Waals surface area contributed by atoms with Gasteiger partial charge < -0.3 is 4.90 Å². The molecule has 5 heteroatoms. The molecule has 1 aliphatic heterocycles. The Labute approximate surface area is 129 Å². The van der Waals surface area contributed by atoms with Gasteiger partial charge in [-0.25, -0.2) is 0 Å². The molecule has 1 fully saturated rings. The Balaban J connectivity index is 1.70. The third-order valence-electron chi connectivity index (χ3n) is 4.19. The lowest BCUT2D eigenvalue weighted by Crippen LogP contribution is -2.28. The van der Waals surface area contributed by atoms with Gasteiger partial charge in [-0.3, -0.25) is 9.89 Å². The van der Waals surface area contributed by atoms with Crippen molar-refractivity contribution in [1.82, 2.24) is 15.1 Å². The number of aromatic amines is 1. The van der Waals surface area contributed by atoms with Gasteiger partial charge in [0, 0.05) is 35.0 Å². The van der Waals surface area contributed by atoms with Crippen LogP contribution in [0.2, 0.25) is 0 Å². The minimum Gasteiger partial charge on any atom is -0.338 e. The van der Waals surface area contributed by atoms with E-state index in [2.05, 4.69) is 31.0 Å². The van der Waals surface area contributed by atoms with Crippen molar-refractivity contribution in [3.8, 4) is 0 Å². The number of aryl methyl sites for hydroxylation is 1. The summed E-state index contributed by atoms with van der Waals surface area (Å²) in [6.45, 7) is 8.00. The van der Waals surface area contributed by atoms with Gasteiger partial charge in [0.2, 0.25) is 0 Å². The highest BCUT2D eigenvalue weighted by molar-refractivity contribution is 7.10. The van der Waals surface area contributed by atoms with Crippen molar-refractivity contribution in [3.05, 3.63) is 39.3 Å². The first-order valence-electron chi connectivity index (χ1n) is 7.44. The normalized spacial score (nSPS) is 18.7. The molecule has 1 aliphatic rings.